The number of hydrogen-bond acceptors (Lipinski definition) is 9. The van der Waals surface area contributed by atoms with Gasteiger partial charge in [0.2, 0.25) is 0 Å². The predicted octanol–water partition coefficient (Wildman–Crippen LogP) is 2.29. The third-order valence-corrected chi connectivity index (χ3v) is 10.4. The zero-order valence-electron chi connectivity index (χ0n) is 21.8. The summed E-state index contributed by atoms with van der Waals surface area (Å²) >= 11 is 0. The monoisotopic (exact) mass is 510 g/mol. The summed E-state index contributed by atoms with van der Waals surface area (Å²) in [6.07, 6.45) is 0.766. The van der Waals surface area contributed by atoms with Crippen LogP contribution in [0.25, 0.3) is 0 Å². The lowest BCUT2D eigenvalue weighted by Gasteiger charge is -2.62. The zero-order valence-corrected chi connectivity index (χ0v) is 21.8. The fourth-order valence-corrected chi connectivity index (χ4v) is 8.22. The van der Waals surface area contributed by atoms with Crippen molar-refractivity contribution in [3.05, 3.63) is 11.6 Å². The lowest BCUT2D eigenvalue weighted by molar-refractivity contribution is -0.327. The minimum Gasteiger partial charge on any atom is -0.430 e. The number of carbonyl (C=O) groups excluding carboxylic acids is 1. The summed E-state index contributed by atoms with van der Waals surface area (Å²) in [5.74, 6) is 0.836. The van der Waals surface area contributed by atoms with Crippen molar-refractivity contribution in [1.82, 2.24) is 0 Å². The first-order valence-electron chi connectivity index (χ1n) is 13.4. The van der Waals surface area contributed by atoms with Gasteiger partial charge in [-0.3, -0.25) is 0 Å². The summed E-state index contributed by atoms with van der Waals surface area (Å²) < 4.78 is 22.5. The third-order valence-electron chi connectivity index (χ3n) is 10.4. The molecule has 9 nitrogen and oxygen atoms in total. The van der Waals surface area contributed by atoms with Gasteiger partial charge >= 0.3 is 6.16 Å². The Labute approximate surface area is 212 Å². The number of carbonyl (C=O) groups is 1. The second-order valence-corrected chi connectivity index (χ2v) is 12.8. The smallest absolute Gasteiger partial charge is 0.430 e. The summed E-state index contributed by atoms with van der Waals surface area (Å²) in [5, 5.41) is 40.4. The minimum atomic E-state index is -1.44. The highest BCUT2D eigenvalue weighted by Crippen LogP contribution is 2.64. The average Bonchev–Trinajstić information content (AvgIpc) is 3.28. The fraction of sp³-hybridized carbons (Fsp3) is 0.889. The van der Waals surface area contributed by atoms with E-state index in [1.165, 1.54) is 5.57 Å². The molecule has 2 saturated heterocycles. The van der Waals surface area contributed by atoms with E-state index in [0.717, 1.165) is 38.5 Å². The van der Waals surface area contributed by atoms with Crippen LogP contribution in [0.3, 0.4) is 0 Å². The Balaban J connectivity index is 1.33. The first kappa shape index (κ1) is 26.4. The van der Waals surface area contributed by atoms with Gasteiger partial charge in [0.1, 0.15) is 37.1 Å². The van der Waals surface area contributed by atoms with Crippen molar-refractivity contribution >= 4 is 6.16 Å². The molecule has 5 aliphatic rings. The van der Waals surface area contributed by atoms with Crippen LogP contribution in [0, 0.1) is 28.1 Å². The molecule has 0 amide bonds. The second kappa shape index (κ2) is 9.20. The van der Waals surface area contributed by atoms with E-state index in [9.17, 15) is 25.2 Å². The van der Waals surface area contributed by atoms with Gasteiger partial charge in [0.25, 0.3) is 0 Å². The number of cyclic esters (lactones) is 2. The zero-order chi connectivity index (χ0) is 26.0. The molecule has 0 aromatic carbocycles. The Morgan fingerprint density at radius 2 is 1.78 bits per heavy atom. The molecular weight excluding hydrogens is 468 g/mol. The standard InChI is InChI=1S/C27H42O9/c1-25(2)17-6-5-14-11-26(3,19-13-33-24(32)36-19)9-7-15(14)27(17,4)10-8-18(25)35-23-22(31)21(30)20(29)16(12-28)34-23/h11,15-23,28-31H,5-10,12-13H2,1-4H3. The molecule has 0 bridgehead atoms. The molecule has 204 valence electrons. The van der Waals surface area contributed by atoms with E-state index < -0.39 is 43.5 Å². The number of ether oxygens (including phenoxy) is 4. The topological polar surface area (TPSA) is 135 Å². The van der Waals surface area contributed by atoms with E-state index in [1.807, 2.05) is 0 Å². The maximum atomic E-state index is 11.6. The molecule has 0 aromatic rings. The van der Waals surface area contributed by atoms with Crippen molar-refractivity contribution < 1.29 is 44.2 Å². The maximum Gasteiger partial charge on any atom is 0.508 e. The van der Waals surface area contributed by atoms with Crippen molar-refractivity contribution in [2.45, 2.75) is 109 Å². The van der Waals surface area contributed by atoms with Gasteiger partial charge in [-0.2, -0.15) is 0 Å². The van der Waals surface area contributed by atoms with Crippen LogP contribution < -0.4 is 0 Å². The summed E-state index contributed by atoms with van der Waals surface area (Å²) in [5.41, 5.74) is 1.13. The van der Waals surface area contributed by atoms with Crippen molar-refractivity contribution in [2.75, 3.05) is 13.2 Å². The van der Waals surface area contributed by atoms with E-state index in [0.29, 0.717) is 18.4 Å². The minimum absolute atomic E-state index is 0.0903. The van der Waals surface area contributed by atoms with E-state index >= 15 is 0 Å². The van der Waals surface area contributed by atoms with Gasteiger partial charge in [-0.15, -0.1) is 0 Å². The van der Waals surface area contributed by atoms with Crippen LogP contribution in [0.2, 0.25) is 0 Å². The molecule has 2 heterocycles. The molecule has 0 radical (unpaired) electrons. The Kier molecular flexibility index (Phi) is 6.74. The predicted molar refractivity (Wildman–Crippen MR) is 128 cm³/mol. The highest BCUT2D eigenvalue weighted by Gasteiger charge is 2.59. The molecule has 9 heteroatoms. The highest BCUT2D eigenvalue weighted by atomic mass is 16.8. The van der Waals surface area contributed by atoms with Crippen molar-refractivity contribution in [3.63, 3.8) is 0 Å². The molecule has 11 atom stereocenters. The largest absolute Gasteiger partial charge is 0.508 e. The number of allylic oxidation sites excluding steroid dienone is 1. The normalized spacial score (nSPS) is 50.4. The molecule has 5 rings (SSSR count). The number of hydrogen-bond donors (Lipinski definition) is 4. The van der Waals surface area contributed by atoms with Gasteiger partial charge < -0.3 is 39.4 Å². The van der Waals surface area contributed by atoms with E-state index in [1.54, 1.807) is 0 Å². The third kappa shape index (κ3) is 4.10. The molecule has 2 aliphatic heterocycles. The van der Waals surface area contributed by atoms with Crippen LogP contribution in [-0.2, 0) is 18.9 Å². The lowest BCUT2D eigenvalue weighted by atomic mass is 9.45. The molecule has 3 aliphatic carbocycles. The molecule has 0 spiro atoms. The van der Waals surface area contributed by atoms with E-state index in [4.69, 9.17) is 18.9 Å². The molecule has 0 aromatic heterocycles. The Morgan fingerprint density at radius 3 is 2.44 bits per heavy atom. The second-order valence-electron chi connectivity index (χ2n) is 12.8. The Hall–Kier alpha value is -1.23. The van der Waals surface area contributed by atoms with Crippen molar-refractivity contribution in [3.8, 4) is 0 Å². The van der Waals surface area contributed by atoms with Gasteiger partial charge in [0.15, 0.2) is 6.29 Å². The Bertz CT molecular complexity index is 886. The summed E-state index contributed by atoms with van der Waals surface area (Å²) in [6.45, 7) is 8.87. The number of rotatable bonds is 4. The summed E-state index contributed by atoms with van der Waals surface area (Å²) in [7, 11) is 0. The number of aliphatic hydroxyl groups is 4. The number of aliphatic hydroxyl groups excluding tert-OH is 4. The van der Waals surface area contributed by atoms with Crippen LogP contribution in [-0.4, -0.2) is 82.7 Å². The Morgan fingerprint density at radius 1 is 1.03 bits per heavy atom. The van der Waals surface area contributed by atoms with E-state index in [-0.39, 0.29) is 28.5 Å². The van der Waals surface area contributed by atoms with Crippen LogP contribution in [0.15, 0.2) is 11.6 Å². The van der Waals surface area contributed by atoms with Crippen LogP contribution in [0.1, 0.15) is 66.2 Å². The molecular formula is C27H42O9. The summed E-state index contributed by atoms with van der Waals surface area (Å²) in [4.78, 5) is 11.6. The van der Waals surface area contributed by atoms with Gasteiger partial charge in [0.05, 0.1) is 12.7 Å². The molecule has 36 heavy (non-hydrogen) atoms. The van der Waals surface area contributed by atoms with Crippen molar-refractivity contribution in [2.24, 2.45) is 28.1 Å². The molecule has 4 fully saturated rings. The van der Waals surface area contributed by atoms with E-state index in [2.05, 4.69) is 33.8 Å². The van der Waals surface area contributed by atoms with Crippen molar-refractivity contribution in [1.29, 1.82) is 0 Å². The lowest BCUT2D eigenvalue weighted by Crippen LogP contribution is -2.62. The maximum absolute atomic E-state index is 11.6. The molecule has 4 N–H and O–H groups in total. The van der Waals surface area contributed by atoms with Crippen LogP contribution in [0.5, 0.6) is 0 Å². The quantitative estimate of drug-likeness (QED) is 0.255. The summed E-state index contributed by atoms with van der Waals surface area (Å²) in [6, 6.07) is 0. The van der Waals surface area contributed by atoms with Gasteiger partial charge in [-0.05, 0) is 61.2 Å². The first-order valence-corrected chi connectivity index (χ1v) is 13.4. The fourth-order valence-electron chi connectivity index (χ4n) is 8.22. The molecule has 2 saturated carbocycles. The first-order chi connectivity index (χ1) is 16.9. The average molecular weight is 511 g/mol. The van der Waals surface area contributed by atoms with Crippen LogP contribution >= 0.6 is 0 Å². The molecule has 11 unspecified atom stereocenters. The van der Waals surface area contributed by atoms with Gasteiger partial charge in [-0.25, -0.2) is 4.79 Å². The van der Waals surface area contributed by atoms with Gasteiger partial charge in [0, 0.05) is 5.41 Å². The highest BCUT2D eigenvalue weighted by molar-refractivity contribution is 5.62. The van der Waals surface area contributed by atoms with Gasteiger partial charge in [-0.1, -0.05) is 39.3 Å². The number of fused-ring (bicyclic) bond motifs is 3. The van der Waals surface area contributed by atoms with Crippen LogP contribution in [0.4, 0.5) is 4.79 Å². The SMILES string of the molecule is CC1(C2COC(=O)O2)C=C2CCC3C(C)(C)C(OC4OC(CO)C(O)C(O)C4O)CCC3(C)C2CC1.